The number of rotatable bonds is 4. The molecule has 0 radical (unpaired) electrons. The molecule has 0 atom stereocenters. The molecule has 128 valence electrons. The summed E-state index contributed by atoms with van der Waals surface area (Å²) in [7, 11) is 1.48. The van der Waals surface area contributed by atoms with E-state index in [2.05, 4.69) is 26.5 Å². The van der Waals surface area contributed by atoms with Crippen LogP contribution in [0.5, 0.6) is 0 Å². The molecule has 1 fully saturated rings. The van der Waals surface area contributed by atoms with Gasteiger partial charge in [0.2, 0.25) is 5.91 Å². The lowest BCUT2D eigenvalue weighted by Crippen LogP contribution is -2.39. The van der Waals surface area contributed by atoms with Crippen LogP contribution in [0.15, 0.2) is 24.3 Å². The lowest BCUT2D eigenvalue weighted by molar-refractivity contribution is -0.120. The first-order valence-corrected chi connectivity index (χ1v) is 8.12. The number of urea groups is 1. The summed E-state index contributed by atoms with van der Waals surface area (Å²) in [6.07, 6.45) is 1.26. The minimum absolute atomic E-state index is 0.273. The number of amides is 3. The third kappa shape index (κ3) is 4.96. The Hall–Kier alpha value is -2.59. The average Bonchev–Trinajstić information content (AvgIpc) is 2.85. The van der Waals surface area contributed by atoms with Crippen LogP contribution in [0.25, 0.3) is 0 Å². The van der Waals surface area contributed by atoms with Crippen LogP contribution >= 0.6 is 0 Å². The number of nitrogens with zero attached hydrogens (tertiary/aromatic N) is 3. The number of imide groups is 1. The van der Waals surface area contributed by atoms with E-state index in [1.807, 2.05) is 24.3 Å². The highest BCUT2D eigenvalue weighted by atomic mass is 16.2. The van der Waals surface area contributed by atoms with Gasteiger partial charge in [0.1, 0.15) is 6.07 Å². The SMILES string of the molecule is CNC(=O)NC(=O)CCN1CCCN(c2ccccc2C#N)CC1. The van der Waals surface area contributed by atoms with Crippen LogP contribution < -0.4 is 15.5 Å². The molecular formula is C17H23N5O2. The minimum Gasteiger partial charge on any atom is -0.369 e. The maximum atomic E-state index is 11.7. The van der Waals surface area contributed by atoms with Crippen molar-refractivity contribution in [2.75, 3.05) is 44.7 Å². The fourth-order valence-electron chi connectivity index (χ4n) is 2.79. The van der Waals surface area contributed by atoms with E-state index in [0.717, 1.165) is 38.3 Å². The largest absolute Gasteiger partial charge is 0.369 e. The molecule has 2 rings (SSSR count). The van der Waals surface area contributed by atoms with Gasteiger partial charge in [0, 0.05) is 39.6 Å². The Morgan fingerprint density at radius 3 is 2.75 bits per heavy atom. The first-order valence-electron chi connectivity index (χ1n) is 8.12. The first-order chi connectivity index (χ1) is 11.6. The molecule has 1 aliphatic rings. The summed E-state index contributed by atoms with van der Waals surface area (Å²) < 4.78 is 0. The van der Waals surface area contributed by atoms with Crippen LogP contribution in [0, 0.1) is 11.3 Å². The number of carbonyl (C=O) groups is 2. The number of hydrogen-bond acceptors (Lipinski definition) is 5. The third-order valence-electron chi connectivity index (χ3n) is 4.09. The number of carbonyl (C=O) groups excluding carboxylic acids is 2. The Balaban J connectivity index is 1.86. The fourth-order valence-corrected chi connectivity index (χ4v) is 2.79. The van der Waals surface area contributed by atoms with E-state index in [0.29, 0.717) is 18.5 Å². The molecule has 0 spiro atoms. The minimum atomic E-state index is -0.477. The lowest BCUT2D eigenvalue weighted by Gasteiger charge is -2.24. The predicted octanol–water partition coefficient (Wildman–Crippen LogP) is 0.916. The second-order valence-electron chi connectivity index (χ2n) is 5.69. The van der Waals surface area contributed by atoms with Gasteiger partial charge in [0.25, 0.3) is 0 Å². The second kappa shape index (κ2) is 8.89. The summed E-state index contributed by atoms with van der Waals surface area (Å²) in [4.78, 5) is 27.2. The maximum Gasteiger partial charge on any atom is 0.321 e. The van der Waals surface area contributed by atoms with Gasteiger partial charge >= 0.3 is 6.03 Å². The van der Waals surface area contributed by atoms with Crippen molar-refractivity contribution in [2.45, 2.75) is 12.8 Å². The van der Waals surface area contributed by atoms with Gasteiger partial charge < -0.3 is 15.1 Å². The van der Waals surface area contributed by atoms with Crippen molar-refractivity contribution in [3.05, 3.63) is 29.8 Å². The highest BCUT2D eigenvalue weighted by Crippen LogP contribution is 2.21. The summed E-state index contributed by atoms with van der Waals surface area (Å²) in [6.45, 7) is 4.05. The third-order valence-corrected chi connectivity index (χ3v) is 4.09. The van der Waals surface area contributed by atoms with E-state index in [1.165, 1.54) is 7.05 Å². The van der Waals surface area contributed by atoms with Gasteiger partial charge in [0.15, 0.2) is 0 Å². The summed E-state index contributed by atoms with van der Waals surface area (Å²) in [6, 6.07) is 9.40. The van der Waals surface area contributed by atoms with Crippen molar-refractivity contribution in [2.24, 2.45) is 0 Å². The van der Waals surface area contributed by atoms with Crippen LogP contribution in [0.3, 0.4) is 0 Å². The normalized spacial score (nSPS) is 15.2. The number of anilines is 1. The fraction of sp³-hybridized carbons (Fsp3) is 0.471. The molecule has 0 saturated carbocycles. The number of hydrogen-bond donors (Lipinski definition) is 2. The van der Waals surface area contributed by atoms with E-state index in [1.54, 1.807) is 0 Å². The van der Waals surface area contributed by atoms with Crippen LogP contribution in [0.2, 0.25) is 0 Å². The van der Waals surface area contributed by atoms with Crippen molar-refractivity contribution in [1.29, 1.82) is 5.26 Å². The van der Waals surface area contributed by atoms with Gasteiger partial charge in [-0.1, -0.05) is 12.1 Å². The molecule has 0 aliphatic carbocycles. The van der Waals surface area contributed by atoms with Crippen molar-refractivity contribution in [1.82, 2.24) is 15.5 Å². The van der Waals surface area contributed by atoms with Crippen molar-refractivity contribution < 1.29 is 9.59 Å². The molecule has 1 aromatic rings. The molecule has 7 heteroatoms. The molecule has 0 aromatic heterocycles. The zero-order valence-corrected chi connectivity index (χ0v) is 13.9. The van der Waals surface area contributed by atoms with E-state index in [-0.39, 0.29) is 5.91 Å². The van der Waals surface area contributed by atoms with Gasteiger partial charge in [-0.05, 0) is 25.1 Å². The Morgan fingerprint density at radius 2 is 2.00 bits per heavy atom. The Labute approximate surface area is 142 Å². The Bertz CT molecular complexity index is 626. The molecule has 0 bridgehead atoms. The molecule has 24 heavy (non-hydrogen) atoms. The molecule has 1 aromatic carbocycles. The van der Waals surface area contributed by atoms with Crippen molar-refractivity contribution >= 4 is 17.6 Å². The Morgan fingerprint density at radius 1 is 1.21 bits per heavy atom. The van der Waals surface area contributed by atoms with Crippen LogP contribution in [0.1, 0.15) is 18.4 Å². The van der Waals surface area contributed by atoms with Gasteiger partial charge in [-0.2, -0.15) is 5.26 Å². The number of benzene rings is 1. The molecular weight excluding hydrogens is 306 g/mol. The standard InChI is InChI=1S/C17H23N5O2/c1-19-17(24)20-16(23)7-10-21-8-4-9-22(12-11-21)15-6-3-2-5-14(15)13-18/h2-3,5-6H,4,7-12H2,1H3,(H2,19,20,23,24). The maximum absolute atomic E-state index is 11.7. The summed E-state index contributed by atoms with van der Waals surface area (Å²) in [5.41, 5.74) is 1.66. The second-order valence-corrected chi connectivity index (χ2v) is 5.69. The molecule has 0 unspecified atom stereocenters. The van der Waals surface area contributed by atoms with Crippen LogP contribution in [-0.4, -0.2) is 56.6 Å². The lowest BCUT2D eigenvalue weighted by atomic mass is 10.1. The molecule has 2 N–H and O–H groups in total. The molecule has 1 aliphatic heterocycles. The monoisotopic (exact) mass is 329 g/mol. The molecule has 3 amide bonds. The highest BCUT2D eigenvalue weighted by Gasteiger charge is 2.18. The number of nitrogens with one attached hydrogen (secondary N) is 2. The summed E-state index contributed by atoms with van der Waals surface area (Å²) in [5.74, 6) is -0.273. The highest BCUT2D eigenvalue weighted by molar-refractivity contribution is 5.94. The van der Waals surface area contributed by atoms with Crippen molar-refractivity contribution in [3.63, 3.8) is 0 Å². The molecule has 1 saturated heterocycles. The number of para-hydroxylation sites is 1. The van der Waals surface area contributed by atoms with E-state index in [4.69, 9.17) is 0 Å². The zero-order valence-electron chi connectivity index (χ0n) is 13.9. The van der Waals surface area contributed by atoms with Gasteiger partial charge in [0.05, 0.1) is 11.3 Å². The zero-order chi connectivity index (χ0) is 17.4. The van der Waals surface area contributed by atoms with Gasteiger partial charge in [-0.15, -0.1) is 0 Å². The van der Waals surface area contributed by atoms with Gasteiger partial charge in [-0.3, -0.25) is 10.1 Å². The number of nitriles is 1. The quantitative estimate of drug-likeness (QED) is 0.857. The van der Waals surface area contributed by atoms with Crippen molar-refractivity contribution in [3.8, 4) is 6.07 Å². The Kier molecular flexibility index (Phi) is 6.58. The predicted molar refractivity (Wildman–Crippen MR) is 91.6 cm³/mol. The summed E-state index contributed by atoms with van der Waals surface area (Å²) in [5, 5.41) is 13.9. The summed E-state index contributed by atoms with van der Waals surface area (Å²) >= 11 is 0. The first kappa shape index (κ1) is 17.8. The average molecular weight is 329 g/mol. The smallest absolute Gasteiger partial charge is 0.321 e. The molecule has 7 nitrogen and oxygen atoms in total. The molecule has 1 heterocycles. The van der Waals surface area contributed by atoms with E-state index < -0.39 is 6.03 Å². The van der Waals surface area contributed by atoms with Crippen LogP contribution in [-0.2, 0) is 4.79 Å². The van der Waals surface area contributed by atoms with Crippen LogP contribution in [0.4, 0.5) is 10.5 Å². The van der Waals surface area contributed by atoms with Gasteiger partial charge in [-0.25, -0.2) is 4.79 Å². The topological polar surface area (TPSA) is 88.5 Å². The van der Waals surface area contributed by atoms with E-state index in [9.17, 15) is 14.9 Å². The van der Waals surface area contributed by atoms with E-state index >= 15 is 0 Å².